The van der Waals surface area contributed by atoms with E-state index in [1.54, 1.807) is 0 Å². The maximum absolute atomic E-state index is 5.50. The van der Waals surface area contributed by atoms with Gasteiger partial charge in [-0.15, -0.1) is 0 Å². The molecular weight excluding hydrogens is 212 g/mol. The molecule has 3 heteroatoms. The van der Waals surface area contributed by atoms with Crippen LogP contribution in [0.25, 0.3) is 0 Å². The molecule has 0 amide bonds. The smallest absolute Gasteiger partial charge is 0.140 e. The van der Waals surface area contributed by atoms with E-state index in [0.29, 0.717) is 11.8 Å². The minimum absolute atomic E-state index is 0.593. The van der Waals surface area contributed by atoms with Crippen LogP contribution in [0.2, 0.25) is 0 Å². The molecule has 0 saturated heterocycles. The van der Waals surface area contributed by atoms with E-state index in [1.807, 2.05) is 0 Å². The SMILES string of the molecule is CC(C)CNCc1noc2c1C(C)CC(C)C2. The van der Waals surface area contributed by atoms with Crippen molar-refractivity contribution in [1.29, 1.82) is 0 Å². The first-order valence-electron chi connectivity index (χ1n) is 6.76. The Bertz CT molecular complexity index is 370. The first-order chi connectivity index (χ1) is 8.08. The Labute approximate surface area is 104 Å². The van der Waals surface area contributed by atoms with Crippen LogP contribution < -0.4 is 5.32 Å². The van der Waals surface area contributed by atoms with Crippen LogP contribution in [-0.4, -0.2) is 11.7 Å². The Morgan fingerprint density at radius 3 is 2.88 bits per heavy atom. The van der Waals surface area contributed by atoms with Crippen LogP contribution in [0.5, 0.6) is 0 Å². The summed E-state index contributed by atoms with van der Waals surface area (Å²) < 4.78 is 5.50. The van der Waals surface area contributed by atoms with Crippen molar-refractivity contribution in [2.24, 2.45) is 11.8 Å². The molecule has 0 fully saturated rings. The molecule has 2 rings (SSSR count). The molecule has 0 saturated carbocycles. The van der Waals surface area contributed by atoms with E-state index in [2.05, 4.69) is 38.2 Å². The first-order valence-corrected chi connectivity index (χ1v) is 6.76. The summed E-state index contributed by atoms with van der Waals surface area (Å²) in [4.78, 5) is 0. The topological polar surface area (TPSA) is 38.1 Å². The molecule has 0 aromatic carbocycles. The van der Waals surface area contributed by atoms with E-state index >= 15 is 0 Å². The number of aromatic nitrogens is 1. The Hall–Kier alpha value is -0.830. The normalized spacial score (nSPS) is 24.1. The molecule has 1 heterocycles. The fourth-order valence-electron chi connectivity index (χ4n) is 2.80. The second-order valence-corrected chi connectivity index (χ2v) is 5.94. The monoisotopic (exact) mass is 236 g/mol. The highest BCUT2D eigenvalue weighted by atomic mass is 16.5. The molecule has 96 valence electrons. The van der Waals surface area contributed by atoms with Crippen LogP contribution in [0.1, 0.15) is 57.1 Å². The second-order valence-electron chi connectivity index (χ2n) is 5.94. The zero-order valence-corrected chi connectivity index (χ0v) is 11.4. The zero-order valence-electron chi connectivity index (χ0n) is 11.4. The summed E-state index contributed by atoms with van der Waals surface area (Å²) >= 11 is 0. The molecule has 1 N–H and O–H groups in total. The molecule has 0 bridgehead atoms. The van der Waals surface area contributed by atoms with Gasteiger partial charge in [0.25, 0.3) is 0 Å². The molecule has 3 nitrogen and oxygen atoms in total. The van der Waals surface area contributed by atoms with Gasteiger partial charge >= 0.3 is 0 Å². The van der Waals surface area contributed by atoms with E-state index < -0.39 is 0 Å². The first kappa shape index (κ1) is 12.6. The Balaban J connectivity index is 2.05. The summed E-state index contributed by atoms with van der Waals surface area (Å²) in [6.07, 6.45) is 2.31. The molecule has 2 atom stereocenters. The third-order valence-corrected chi connectivity index (χ3v) is 3.50. The van der Waals surface area contributed by atoms with Crippen LogP contribution in [0.15, 0.2) is 4.52 Å². The van der Waals surface area contributed by atoms with Crippen LogP contribution in [-0.2, 0) is 13.0 Å². The van der Waals surface area contributed by atoms with Crippen molar-refractivity contribution in [3.8, 4) is 0 Å². The van der Waals surface area contributed by atoms with E-state index in [1.165, 1.54) is 12.0 Å². The zero-order chi connectivity index (χ0) is 12.4. The molecule has 0 radical (unpaired) electrons. The van der Waals surface area contributed by atoms with E-state index in [0.717, 1.165) is 36.9 Å². The van der Waals surface area contributed by atoms with E-state index in [-0.39, 0.29) is 0 Å². The van der Waals surface area contributed by atoms with Crippen molar-refractivity contribution in [1.82, 2.24) is 10.5 Å². The van der Waals surface area contributed by atoms with E-state index in [4.69, 9.17) is 4.52 Å². The van der Waals surface area contributed by atoms with Gasteiger partial charge in [-0.25, -0.2) is 0 Å². The highest BCUT2D eigenvalue weighted by Crippen LogP contribution is 2.36. The van der Waals surface area contributed by atoms with Crippen molar-refractivity contribution in [2.45, 2.75) is 53.0 Å². The minimum atomic E-state index is 0.593. The Morgan fingerprint density at radius 1 is 1.41 bits per heavy atom. The van der Waals surface area contributed by atoms with Crippen LogP contribution in [0, 0.1) is 11.8 Å². The third kappa shape index (κ3) is 2.89. The van der Waals surface area contributed by atoms with Gasteiger partial charge in [0.15, 0.2) is 0 Å². The fourth-order valence-corrected chi connectivity index (χ4v) is 2.80. The number of rotatable bonds is 4. The summed E-state index contributed by atoms with van der Waals surface area (Å²) in [6.45, 7) is 10.9. The number of nitrogens with zero attached hydrogens (tertiary/aromatic N) is 1. The number of hydrogen-bond donors (Lipinski definition) is 1. The number of hydrogen-bond acceptors (Lipinski definition) is 3. The summed E-state index contributed by atoms with van der Waals surface area (Å²) in [7, 11) is 0. The van der Waals surface area contributed by atoms with Crippen LogP contribution in [0.3, 0.4) is 0 Å². The van der Waals surface area contributed by atoms with Gasteiger partial charge < -0.3 is 9.84 Å². The fraction of sp³-hybridized carbons (Fsp3) is 0.786. The third-order valence-electron chi connectivity index (χ3n) is 3.50. The number of fused-ring (bicyclic) bond motifs is 1. The van der Waals surface area contributed by atoms with Gasteiger partial charge in [0, 0.05) is 18.5 Å². The van der Waals surface area contributed by atoms with Gasteiger partial charge in [-0.05, 0) is 30.7 Å². The Kier molecular flexibility index (Phi) is 3.87. The lowest BCUT2D eigenvalue weighted by Gasteiger charge is -2.23. The molecule has 1 aliphatic carbocycles. The van der Waals surface area contributed by atoms with Crippen molar-refractivity contribution in [3.05, 3.63) is 17.0 Å². The summed E-state index contributed by atoms with van der Waals surface area (Å²) in [5, 5.41) is 7.69. The number of nitrogens with one attached hydrogen (secondary N) is 1. The summed E-state index contributed by atoms with van der Waals surface area (Å²) in [5.41, 5.74) is 2.50. The maximum atomic E-state index is 5.50. The summed E-state index contributed by atoms with van der Waals surface area (Å²) in [5.74, 6) is 3.12. The molecule has 1 aromatic heterocycles. The van der Waals surface area contributed by atoms with Gasteiger partial charge in [-0.2, -0.15) is 0 Å². The standard InChI is InChI=1S/C14H24N2O/c1-9(2)7-15-8-12-14-11(4)5-10(3)6-13(14)17-16-12/h9-11,15H,5-8H2,1-4H3. The highest BCUT2D eigenvalue weighted by molar-refractivity contribution is 5.29. The van der Waals surface area contributed by atoms with Gasteiger partial charge in [0.1, 0.15) is 11.5 Å². The second kappa shape index (κ2) is 5.21. The molecular formula is C14H24N2O. The van der Waals surface area contributed by atoms with Crippen molar-refractivity contribution in [3.63, 3.8) is 0 Å². The molecule has 0 aliphatic heterocycles. The average molecular weight is 236 g/mol. The van der Waals surface area contributed by atoms with Gasteiger partial charge in [0.05, 0.1) is 0 Å². The molecule has 2 unspecified atom stereocenters. The lowest BCUT2D eigenvalue weighted by Crippen LogP contribution is -2.21. The van der Waals surface area contributed by atoms with Gasteiger partial charge in [0.2, 0.25) is 0 Å². The van der Waals surface area contributed by atoms with Crippen molar-refractivity contribution < 1.29 is 4.52 Å². The molecule has 17 heavy (non-hydrogen) atoms. The van der Waals surface area contributed by atoms with Crippen LogP contribution >= 0.6 is 0 Å². The summed E-state index contributed by atoms with van der Waals surface area (Å²) in [6, 6.07) is 0. The Morgan fingerprint density at radius 2 is 2.18 bits per heavy atom. The maximum Gasteiger partial charge on any atom is 0.140 e. The predicted molar refractivity (Wildman–Crippen MR) is 68.9 cm³/mol. The minimum Gasteiger partial charge on any atom is -0.361 e. The quantitative estimate of drug-likeness (QED) is 0.873. The largest absolute Gasteiger partial charge is 0.361 e. The lowest BCUT2D eigenvalue weighted by molar-refractivity contribution is 0.332. The van der Waals surface area contributed by atoms with Crippen molar-refractivity contribution in [2.75, 3.05) is 6.54 Å². The molecule has 0 spiro atoms. The van der Waals surface area contributed by atoms with E-state index in [9.17, 15) is 0 Å². The van der Waals surface area contributed by atoms with Gasteiger partial charge in [-0.3, -0.25) is 0 Å². The average Bonchev–Trinajstić information content (AvgIpc) is 2.60. The molecule has 1 aromatic rings. The lowest BCUT2D eigenvalue weighted by atomic mass is 9.81. The van der Waals surface area contributed by atoms with Gasteiger partial charge in [-0.1, -0.05) is 32.9 Å². The van der Waals surface area contributed by atoms with Crippen molar-refractivity contribution >= 4 is 0 Å². The predicted octanol–water partition coefficient (Wildman–Crippen LogP) is 3.11. The molecule has 1 aliphatic rings. The van der Waals surface area contributed by atoms with Crippen LogP contribution in [0.4, 0.5) is 0 Å². The highest BCUT2D eigenvalue weighted by Gasteiger charge is 2.28.